The van der Waals surface area contributed by atoms with Gasteiger partial charge in [-0.15, -0.1) is 11.3 Å². The van der Waals surface area contributed by atoms with Crippen molar-refractivity contribution >= 4 is 33.1 Å². The first-order valence-corrected chi connectivity index (χ1v) is 7.52. The molecule has 0 saturated heterocycles. The Kier molecular flexibility index (Phi) is 3.51. The van der Waals surface area contributed by atoms with Crippen LogP contribution in [-0.4, -0.2) is 24.1 Å². The van der Waals surface area contributed by atoms with Crippen molar-refractivity contribution in [3.8, 4) is 5.75 Å². The van der Waals surface area contributed by atoms with Gasteiger partial charge >= 0.3 is 0 Å². The molecule has 0 atom stereocenters. The van der Waals surface area contributed by atoms with Crippen molar-refractivity contribution in [1.29, 1.82) is 0 Å². The first kappa shape index (κ1) is 13.8. The van der Waals surface area contributed by atoms with Crippen LogP contribution in [0.1, 0.15) is 10.4 Å². The lowest BCUT2D eigenvalue weighted by molar-refractivity contribution is 0.415. The molecule has 1 aromatic carbocycles. The molecule has 21 heavy (non-hydrogen) atoms. The Balaban J connectivity index is 2.10. The average molecular weight is 299 g/mol. The van der Waals surface area contributed by atoms with Gasteiger partial charge in [0, 0.05) is 17.6 Å². The van der Waals surface area contributed by atoms with Crippen molar-refractivity contribution < 1.29 is 4.74 Å². The van der Waals surface area contributed by atoms with Crippen LogP contribution in [0.4, 0.5) is 11.5 Å². The van der Waals surface area contributed by atoms with Gasteiger partial charge in [-0.25, -0.2) is 9.97 Å². The van der Waals surface area contributed by atoms with Crippen LogP contribution in [0.2, 0.25) is 0 Å². The maximum atomic E-state index is 5.20. The van der Waals surface area contributed by atoms with Crippen LogP contribution in [0.25, 0.3) is 10.2 Å². The normalized spacial score (nSPS) is 10.9. The maximum absolute atomic E-state index is 5.20. The number of methoxy groups -OCH3 is 1. The number of ether oxygens (including phenoxy) is 1. The van der Waals surface area contributed by atoms with E-state index in [0.717, 1.165) is 27.5 Å². The van der Waals surface area contributed by atoms with Crippen molar-refractivity contribution in [1.82, 2.24) is 9.97 Å². The summed E-state index contributed by atoms with van der Waals surface area (Å²) in [6.07, 6.45) is 1.63. The van der Waals surface area contributed by atoms with Crippen molar-refractivity contribution in [2.45, 2.75) is 13.8 Å². The summed E-state index contributed by atoms with van der Waals surface area (Å²) in [6.45, 7) is 4.25. The molecule has 0 spiro atoms. The summed E-state index contributed by atoms with van der Waals surface area (Å²) >= 11 is 1.71. The first-order chi connectivity index (χ1) is 10.1. The van der Waals surface area contributed by atoms with Gasteiger partial charge in [0.2, 0.25) is 0 Å². The Labute approximate surface area is 128 Å². The van der Waals surface area contributed by atoms with Crippen LogP contribution in [0.5, 0.6) is 5.75 Å². The fraction of sp³-hybridized carbons (Fsp3) is 0.250. The molecule has 3 aromatic rings. The number of nitrogens with zero attached hydrogens (tertiary/aromatic N) is 3. The molecule has 0 aliphatic rings. The number of hydrogen-bond donors (Lipinski definition) is 0. The fourth-order valence-corrected chi connectivity index (χ4v) is 3.34. The van der Waals surface area contributed by atoms with Crippen LogP contribution in [0.3, 0.4) is 0 Å². The minimum Gasteiger partial charge on any atom is -0.497 e. The molecule has 0 radical (unpaired) electrons. The number of fused-ring (bicyclic) bond motifs is 1. The van der Waals surface area contributed by atoms with Gasteiger partial charge in [0.05, 0.1) is 12.5 Å². The monoisotopic (exact) mass is 299 g/mol. The molecule has 0 amide bonds. The molecular weight excluding hydrogens is 282 g/mol. The fourth-order valence-electron chi connectivity index (χ4n) is 2.35. The lowest BCUT2D eigenvalue weighted by atomic mass is 10.2. The molecule has 2 heterocycles. The molecule has 2 aromatic heterocycles. The van der Waals surface area contributed by atoms with Crippen molar-refractivity contribution in [2.24, 2.45) is 0 Å². The van der Waals surface area contributed by atoms with Crippen molar-refractivity contribution in [3.63, 3.8) is 0 Å². The molecule has 0 bridgehead atoms. The molecule has 108 valence electrons. The molecular formula is C16H17N3OS. The molecule has 0 aliphatic carbocycles. The molecule has 0 N–H and O–H groups in total. The summed E-state index contributed by atoms with van der Waals surface area (Å²) < 4.78 is 5.20. The van der Waals surface area contributed by atoms with E-state index in [2.05, 4.69) is 28.7 Å². The summed E-state index contributed by atoms with van der Waals surface area (Å²) in [5, 5.41) is 1.14. The predicted octanol–water partition coefficient (Wildman–Crippen LogP) is 4.08. The highest BCUT2D eigenvalue weighted by Gasteiger charge is 2.15. The van der Waals surface area contributed by atoms with E-state index >= 15 is 0 Å². The van der Waals surface area contributed by atoms with Gasteiger partial charge in [-0.2, -0.15) is 0 Å². The molecule has 0 saturated carbocycles. The van der Waals surface area contributed by atoms with Crippen LogP contribution in [-0.2, 0) is 0 Å². The topological polar surface area (TPSA) is 38.2 Å². The number of hydrogen-bond acceptors (Lipinski definition) is 5. The van der Waals surface area contributed by atoms with Crippen LogP contribution >= 0.6 is 11.3 Å². The Morgan fingerprint density at radius 3 is 2.48 bits per heavy atom. The van der Waals surface area contributed by atoms with E-state index < -0.39 is 0 Å². The van der Waals surface area contributed by atoms with Crippen molar-refractivity contribution in [2.75, 3.05) is 19.1 Å². The molecule has 4 nitrogen and oxygen atoms in total. The minimum absolute atomic E-state index is 0.850. The van der Waals surface area contributed by atoms with E-state index in [0.29, 0.717) is 0 Å². The first-order valence-electron chi connectivity index (χ1n) is 6.70. The molecule has 0 unspecified atom stereocenters. The second-order valence-corrected chi connectivity index (χ2v) is 6.12. The maximum Gasteiger partial charge on any atom is 0.145 e. The van der Waals surface area contributed by atoms with Crippen LogP contribution < -0.4 is 9.64 Å². The lowest BCUT2D eigenvalue weighted by Crippen LogP contribution is -2.11. The SMILES string of the molecule is COc1ccc(N(C)c2ncnc3sc(C)c(C)c23)cc1. The summed E-state index contributed by atoms with van der Waals surface area (Å²) in [6, 6.07) is 7.97. The summed E-state index contributed by atoms with van der Waals surface area (Å²) in [5.41, 5.74) is 2.32. The Morgan fingerprint density at radius 1 is 1.10 bits per heavy atom. The Hall–Kier alpha value is -2.14. The summed E-state index contributed by atoms with van der Waals surface area (Å²) in [4.78, 5) is 13.3. The van der Waals surface area contributed by atoms with E-state index in [1.165, 1.54) is 10.4 Å². The van der Waals surface area contributed by atoms with Gasteiger partial charge in [0.15, 0.2) is 0 Å². The highest BCUT2D eigenvalue weighted by atomic mass is 32.1. The van der Waals surface area contributed by atoms with Gasteiger partial charge in [-0.1, -0.05) is 0 Å². The number of rotatable bonds is 3. The Bertz CT molecular complexity index is 780. The predicted molar refractivity (Wildman–Crippen MR) is 87.9 cm³/mol. The highest BCUT2D eigenvalue weighted by molar-refractivity contribution is 7.18. The Morgan fingerprint density at radius 2 is 1.81 bits per heavy atom. The number of benzene rings is 1. The summed E-state index contributed by atoms with van der Waals surface area (Å²) in [5.74, 6) is 1.79. The summed E-state index contributed by atoms with van der Waals surface area (Å²) in [7, 11) is 3.69. The lowest BCUT2D eigenvalue weighted by Gasteiger charge is -2.19. The number of aromatic nitrogens is 2. The molecule has 0 fully saturated rings. The smallest absolute Gasteiger partial charge is 0.145 e. The third kappa shape index (κ3) is 2.34. The van der Waals surface area contributed by atoms with E-state index in [9.17, 15) is 0 Å². The second-order valence-electron chi connectivity index (χ2n) is 4.92. The average Bonchev–Trinajstić information content (AvgIpc) is 2.81. The highest BCUT2D eigenvalue weighted by Crippen LogP contribution is 2.36. The van der Waals surface area contributed by atoms with E-state index in [1.807, 2.05) is 31.3 Å². The quantitative estimate of drug-likeness (QED) is 0.730. The number of aryl methyl sites for hydroxylation is 2. The van der Waals surface area contributed by atoms with E-state index in [4.69, 9.17) is 4.74 Å². The molecule has 3 rings (SSSR count). The van der Waals surface area contributed by atoms with Gasteiger partial charge < -0.3 is 9.64 Å². The zero-order chi connectivity index (χ0) is 15.0. The third-order valence-corrected chi connectivity index (χ3v) is 4.84. The van der Waals surface area contributed by atoms with Crippen LogP contribution in [0.15, 0.2) is 30.6 Å². The van der Waals surface area contributed by atoms with Gasteiger partial charge in [0.1, 0.15) is 22.7 Å². The molecule has 0 aliphatic heterocycles. The third-order valence-electron chi connectivity index (χ3n) is 3.72. The minimum atomic E-state index is 0.850. The van der Waals surface area contributed by atoms with Crippen molar-refractivity contribution in [3.05, 3.63) is 41.0 Å². The van der Waals surface area contributed by atoms with Gasteiger partial charge in [-0.3, -0.25) is 0 Å². The van der Waals surface area contributed by atoms with Gasteiger partial charge in [0.25, 0.3) is 0 Å². The van der Waals surface area contributed by atoms with Crippen LogP contribution in [0, 0.1) is 13.8 Å². The number of thiophene rings is 1. The zero-order valence-corrected chi connectivity index (χ0v) is 13.4. The second kappa shape index (κ2) is 5.33. The largest absolute Gasteiger partial charge is 0.497 e. The zero-order valence-electron chi connectivity index (χ0n) is 12.5. The van der Waals surface area contributed by atoms with E-state index in [-0.39, 0.29) is 0 Å². The van der Waals surface area contributed by atoms with E-state index in [1.54, 1.807) is 24.8 Å². The van der Waals surface area contributed by atoms with Gasteiger partial charge in [-0.05, 0) is 43.7 Å². The standard InChI is InChI=1S/C16H17N3OS/c1-10-11(2)21-16-14(10)15(17-9-18-16)19(3)12-5-7-13(20-4)8-6-12/h5-9H,1-4H3. The number of anilines is 2. The molecule has 5 heteroatoms.